The highest BCUT2D eigenvalue weighted by atomic mass is 16.3. The van der Waals surface area contributed by atoms with Crippen LogP contribution >= 0.6 is 0 Å². The lowest BCUT2D eigenvalue weighted by atomic mass is 9.78. The van der Waals surface area contributed by atoms with Crippen LogP contribution in [0.4, 0.5) is 0 Å². The molecule has 4 nitrogen and oxygen atoms in total. The number of hydrogen-bond acceptors (Lipinski definition) is 4. The maximum Gasteiger partial charge on any atom is 0.0613 e. The van der Waals surface area contributed by atoms with E-state index in [0.29, 0.717) is 6.04 Å². The Balaban J connectivity index is 1.84. The topological polar surface area (TPSA) is 38.7 Å². The lowest BCUT2D eigenvalue weighted by Gasteiger charge is -2.44. The first-order chi connectivity index (χ1) is 9.58. The molecule has 2 unspecified atom stereocenters. The van der Waals surface area contributed by atoms with Crippen LogP contribution in [-0.2, 0) is 0 Å². The van der Waals surface area contributed by atoms with E-state index in [9.17, 15) is 5.11 Å². The van der Waals surface area contributed by atoms with Crippen LogP contribution in [-0.4, -0.2) is 73.9 Å². The third kappa shape index (κ3) is 3.94. The molecule has 0 bridgehead atoms. The van der Waals surface area contributed by atoms with Crippen LogP contribution in [0.2, 0.25) is 0 Å². The molecule has 118 valence electrons. The highest BCUT2D eigenvalue weighted by molar-refractivity contribution is 4.95. The quantitative estimate of drug-likeness (QED) is 0.794. The second-order valence-electron chi connectivity index (χ2n) is 7.12. The first-order valence-corrected chi connectivity index (χ1v) is 8.27. The van der Waals surface area contributed by atoms with Crippen molar-refractivity contribution in [2.24, 2.45) is 5.92 Å². The highest BCUT2D eigenvalue weighted by Gasteiger charge is 2.36. The predicted molar refractivity (Wildman–Crippen MR) is 84.0 cm³/mol. The van der Waals surface area contributed by atoms with Gasteiger partial charge >= 0.3 is 0 Å². The maximum absolute atomic E-state index is 9.71. The van der Waals surface area contributed by atoms with Crippen molar-refractivity contribution < 1.29 is 5.11 Å². The molecule has 0 spiro atoms. The van der Waals surface area contributed by atoms with E-state index in [4.69, 9.17) is 0 Å². The Morgan fingerprint density at radius 3 is 2.60 bits per heavy atom. The van der Waals surface area contributed by atoms with Crippen molar-refractivity contribution in [1.82, 2.24) is 15.1 Å². The molecule has 0 aromatic carbocycles. The summed E-state index contributed by atoms with van der Waals surface area (Å²) < 4.78 is 0. The summed E-state index contributed by atoms with van der Waals surface area (Å²) in [5.74, 6) is 0.858. The second kappa shape index (κ2) is 7.21. The molecule has 1 saturated heterocycles. The largest absolute Gasteiger partial charge is 0.394 e. The molecule has 1 heterocycles. The van der Waals surface area contributed by atoms with E-state index in [0.717, 1.165) is 18.8 Å². The SMILES string of the molecule is CNC1(CO)CCCC(N(C)CC2CCN(C)CC2)C1. The Labute approximate surface area is 124 Å². The van der Waals surface area contributed by atoms with E-state index >= 15 is 0 Å². The third-order valence-corrected chi connectivity index (χ3v) is 5.66. The minimum atomic E-state index is -0.0377. The summed E-state index contributed by atoms with van der Waals surface area (Å²) in [7, 11) is 6.51. The van der Waals surface area contributed by atoms with E-state index < -0.39 is 0 Å². The van der Waals surface area contributed by atoms with Crippen LogP contribution in [0.25, 0.3) is 0 Å². The van der Waals surface area contributed by atoms with Gasteiger partial charge in [0, 0.05) is 18.1 Å². The predicted octanol–water partition coefficient (Wildman–Crippen LogP) is 1.15. The number of aliphatic hydroxyl groups is 1. The minimum Gasteiger partial charge on any atom is -0.394 e. The molecule has 2 N–H and O–H groups in total. The Kier molecular flexibility index (Phi) is 5.84. The van der Waals surface area contributed by atoms with Crippen LogP contribution in [0.15, 0.2) is 0 Å². The van der Waals surface area contributed by atoms with Gasteiger partial charge in [0.15, 0.2) is 0 Å². The normalized spacial score (nSPS) is 33.8. The highest BCUT2D eigenvalue weighted by Crippen LogP contribution is 2.31. The molecule has 20 heavy (non-hydrogen) atoms. The summed E-state index contributed by atoms with van der Waals surface area (Å²) in [6, 6.07) is 0.628. The molecule has 0 amide bonds. The van der Waals surface area contributed by atoms with Gasteiger partial charge < -0.3 is 20.2 Å². The fourth-order valence-corrected chi connectivity index (χ4v) is 3.96. The van der Waals surface area contributed by atoms with Gasteiger partial charge in [0.25, 0.3) is 0 Å². The van der Waals surface area contributed by atoms with Crippen molar-refractivity contribution in [2.45, 2.75) is 50.1 Å². The van der Waals surface area contributed by atoms with Crippen LogP contribution < -0.4 is 5.32 Å². The minimum absolute atomic E-state index is 0.0377. The number of piperidine rings is 1. The number of rotatable bonds is 5. The third-order valence-electron chi connectivity index (χ3n) is 5.66. The number of nitrogens with zero attached hydrogens (tertiary/aromatic N) is 2. The van der Waals surface area contributed by atoms with Gasteiger partial charge in [-0.05, 0) is 78.7 Å². The van der Waals surface area contributed by atoms with E-state index in [1.165, 1.54) is 45.3 Å². The lowest BCUT2D eigenvalue weighted by molar-refractivity contribution is 0.0622. The first kappa shape index (κ1) is 16.2. The molecular formula is C16H33N3O. The molecule has 4 heteroatoms. The van der Waals surface area contributed by atoms with Gasteiger partial charge in [-0.3, -0.25) is 0 Å². The standard InChI is InChI=1S/C16H33N3O/c1-17-16(13-20)8-4-5-15(11-16)19(3)12-14-6-9-18(2)10-7-14/h14-15,17,20H,4-13H2,1-3H3. The zero-order valence-corrected chi connectivity index (χ0v) is 13.6. The van der Waals surface area contributed by atoms with Gasteiger partial charge in [-0.25, -0.2) is 0 Å². The summed E-state index contributed by atoms with van der Waals surface area (Å²) in [6.45, 7) is 3.99. The van der Waals surface area contributed by atoms with Crippen LogP contribution in [0.1, 0.15) is 38.5 Å². The maximum atomic E-state index is 9.71. The molecule has 2 rings (SSSR count). The number of hydrogen-bond donors (Lipinski definition) is 2. The Morgan fingerprint density at radius 1 is 1.30 bits per heavy atom. The van der Waals surface area contributed by atoms with Gasteiger partial charge in [-0.1, -0.05) is 0 Å². The molecule has 1 saturated carbocycles. The molecule has 2 aliphatic rings. The molecule has 1 aliphatic heterocycles. The first-order valence-electron chi connectivity index (χ1n) is 8.27. The molecule has 0 radical (unpaired) electrons. The molecule has 2 atom stereocenters. The van der Waals surface area contributed by atoms with Crippen molar-refractivity contribution in [2.75, 3.05) is 47.4 Å². The number of likely N-dealkylation sites (N-methyl/N-ethyl adjacent to an activating group) is 1. The Morgan fingerprint density at radius 2 is 2.00 bits per heavy atom. The van der Waals surface area contributed by atoms with Crippen molar-refractivity contribution in [1.29, 1.82) is 0 Å². The number of likely N-dealkylation sites (tertiary alicyclic amines) is 1. The zero-order valence-electron chi connectivity index (χ0n) is 13.6. The van der Waals surface area contributed by atoms with E-state index in [2.05, 4.69) is 29.2 Å². The van der Waals surface area contributed by atoms with Gasteiger partial charge in [-0.2, -0.15) is 0 Å². The monoisotopic (exact) mass is 283 g/mol. The Bertz CT molecular complexity index is 285. The Hall–Kier alpha value is -0.160. The molecule has 2 fully saturated rings. The average molecular weight is 283 g/mol. The van der Waals surface area contributed by atoms with Crippen molar-refractivity contribution in [3.8, 4) is 0 Å². The average Bonchev–Trinajstić information content (AvgIpc) is 2.49. The van der Waals surface area contributed by atoms with Crippen LogP contribution in [0.3, 0.4) is 0 Å². The smallest absolute Gasteiger partial charge is 0.0613 e. The summed E-state index contributed by atoms with van der Waals surface area (Å²) in [5, 5.41) is 13.1. The fourth-order valence-electron chi connectivity index (χ4n) is 3.96. The molecule has 0 aromatic rings. The molecular weight excluding hydrogens is 250 g/mol. The summed E-state index contributed by atoms with van der Waals surface area (Å²) in [4.78, 5) is 5.01. The van der Waals surface area contributed by atoms with E-state index in [1.807, 2.05) is 7.05 Å². The van der Waals surface area contributed by atoms with Gasteiger partial charge in [0.1, 0.15) is 0 Å². The van der Waals surface area contributed by atoms with Gasteiger partial charge in [0.2, 0.25) is 0 Å². The second-order valence-corrected chi connectivity index (χ2v) is 7.12. The number of aliphatic hydroxyl groups excluding tert-OH is 1. The van der Waals surface area contributed by atoms with Crippen molar-refractivity contribution >= 4 is 0 Å². The van der Waals surface area contributed by atoms with Gasteiger partial charge in [0.05, 0.1) is 6.61 Å². The lowest BCUT2D eigenvalue weighted by Crippen LogP contribution is -2.54. The number of nitrogens with one attached hydrogen (secondary N) is 1. The zero-order chi connectivity index (χ0) is 14.6. The van der Waals surface area contributed by atoms with Gasteiger partial charge in [-0.15, -0.1) is 0 Å². The van der Waals surface area contributed by atoms with Crippen LogP contribution in [0.5, 0.6) is 0 Å². The molecule has 1 aliphatic carbocycles. The summed E-state index contributed by atoms with van der Waals surface area (Å²) in [5.41, 5.74) is -0.0377. The van der Waals surface area contributed by atoms with Crippen LogP contribution in [0, 0.1) is 5.92 Å². The van der Waals surface area contributed by atoms with E-state index in [1.54, 1.807) is 0 Å². The van der Waals surface area contributed by atoms with E-state index in [-0.39, 0.29) is 12.1 Å². The fraction of sp³-hybridized carbons (Fsp3) is 1.00. The summed E-state index contributed by atoms with van der Waals surface area (Å²) >= 11 is 0. The van der Waals surface area contributed by atoms with Crippen molar-refractivity contribution in [3.05, 3.63) is 0 Å². The van der Waals surface area contributed by atoms with Crippen molar-refractivity contribution in [3.63, 3.8) is 0 Å². The summed E-state index contributed by atoms with van der Waals surface area (Å²) in [6.07, 6.45) is 7.38. The molecule has 0 aromatic heterocycles.